The van der Waals surface area contributed by atoms with Crippen molar-refractivity contribution in [3.05, 3.63) is 54.6 Å². The maximum Gasteiger partial charge on any atom is 0.155 e. The summed E-state index contributed by atoms with van der Waals surface area (Å²) in [7, 11) is 0. The standard InChI is InChI=1S/C17H18O3.C2H6/c1-14(18)13-19-11-12-20-17-9-7-16(8-10-17)15-5-3-2-4-6-15;1-2/h2-10H,11-13H2,1H3;1-2H3. The molecule has 0 radical (unpaired) electrons. The van der Waals surface area contributed by atoms with Gasteiger partial charge in [0.05, 0.1) is 6.61 Å². The third-order valence-electron chi connectivity index (χ3n) is 2.76. The minimum absolute atomic E-state index is 0.0252. The quantitative estimate of drug-likeness (QED) is 0.713. The summed E-state index contributed by atoms with van der Waals surface area (Å²) in [6.07, 6.45) is 0. The molecular formula is C19H24O3. The Hall–Kier alpha value is -2.13. The number of carbonyl (C=O) groups is 1. The number of benzene rings is 2. The molecule has 0 heterocycles. The number of ether oxygens (including phenoxy) is 2. The van der Waals surface area contributed by atoms with Crippen molar-refractivity contribution < 1.29 is 14.3 Å². The van der Waals surface area contributed by atoms with E-state index in [-0.39, 0.29) is 12.4 Å². The second-order valence-electron chi connectivity index (χ2n) is 4.49. The van der Waals surface area contributed by atoms with Crippen molar-refractivity contribution in [1.82, 2.24) is 0 Å². The second-order valence-corrected chi connectivity index (χ2v) is 4.49. The van der Waals surface area contributed by atoms with Crippen molar-refractivity contribution in [3.63, 3.8) is 0 Å². The number of hydrogen-bond donors (Lipinski definition) is 0. The fourth-order valence-corrected chi connectivity index (χ4v) is 1.81. The van der Waals surface area contributed by atoms with Crippen LogP contribution < -0.4 is 4.74 Å². The molecule has 0 saturated carbocycles. The van der Waals surface area contributed by atoms with Crippen molar-refractivity contribution >= 4 is 5.78 Å². The van der Waals surface area contributed by atoms with Gasteiger partial charge in [0.25, 0.3) is 0 Å². The van der Waals surface area contributed by atoms with Gasteiger partial charge in [-0.1, -0.05) is 56.3 Å². The lowest BCUT2D eigenvalue weighted by Gasteiger charge is -2.07. The lowest BCUT2D eigenvalue weighted by molar-refractivity contribution is -0.121. The Labute approximate surface area is 132 Å². The van der Waals surface area contributed by atoms with E-state index >= 15 is 0 Å². The summed E-state index contributed by atoms with van der Waals surface area (Å²) in [5.41, 5.74) is 2.34. The van der Waals surface area contributed by atoms with Crippen LogP contribution in [0.4, 0.5) is 0 Å². The Morgan fingerprint density at radius 2 is 1.45 bits per heavy atom. The molecule has 2 aromatic carbocycles. The highest BCUT2D eigenvalue weighted by atomic mass is 16.5. The first kappa shape index (κ1) is 17.9. The fourth-order valence-electron chi connectivity index (χ4n) is 1.81. The van der Waals surface area contributed by atoms with Crippen molar-refractivity contribution in [2.75, 3.05) is 19.8 Å². The number of carbonyl (C=O) groups excluding carboxylic acids is 1. The Kier molecular flexibility index (Phi) is 8.61. The van der Waals surface area contributed by atoms with E-state index in [1.807, 2.05) is 56.3 Å². The Balaban J connectivity index is 0.00000116. The predicted molar refractivity (Wildman–Crippen MR) is 90.2 cm³/mol. The molecule has 0 aromatic heterocycles. The highest BCUT2D eigenvalue weighted by molar-refractivity contribution is 5.76. The number of rotatable bonds is 7. The molecular weight excluding hydrogens is 276 g/mol. The van der Waals surface area contributed by atoms with Crippen LogP contribution in [0.1, 0.15) is 20.8 Å². The summed E-state index contributed by atoms with van der Waals surface area (Å²) >= 11 is 0. The van der Waals surface area contributed by atoms with Crippen LogP contribution >= 0.6 is 0 Å². The van der Waals surface area contributed by atoms with E-state index in [4.69, 9.17) is 9.47 Å². The Morgan fingerprint density at radius 3 is 2.05 bits per heavy atom. The van der Waals surface area contributed by atoms with Crippen LogP contribution in [-0.2, 0) is 9.53 Å². The smallest absolute Gasteiger partial charge is 0.155 e. The lowest BCUT2D eigenvalue weighted by Crippen LogP contribution is -2.11. The van der Waals surface area contributed by atoms with Gasteiger partial charge in [-0.15, -0.1) is 0 Å². The average molecular weight is 300 g/mol. The van der Waals surface area contributed by atoms with Crippen molar-refractivity contribution in [2.45, 2.75) is 20.8 Å². The van der Waals surface area contributed by atoms with Gasteiger partial charge < -0.3 is 9.47 Å². The van der Waals surface area contributed by atoms with Crippen molar-refractivity contribution in [3.8, 4) is 16.9 Å². The number of hydrogen-bond acceptors (Lipinski definition) is 3. The third kappa shape index (κ3) is 6.55. The van der Waals surface area contributed by atoms with Crippen LogP contribution in [0.25, 0.3) is 11.1 Å². The molecule has 0 spiro atoms. The van der Waals surface area contributed by atoms with Gasteiger partial charge in [0.1, 0.15) is 19.0 Å². The zero-order valence-corrected chi connectivity index (χ0v) is 13.5. The second kappa shape index (κ2) is 10.6. The summed E-state index contributed by atoms with van der Waals surface area (Å²) in [6.45, 7) is 6.51. The number of ketones is 1. The Bertz CT molecular complexity index is 532. The largest absolute Gasteiger partial charge is 0.491 e. The molecule has 3 heteroatoms. The van der Waals surface area contributed by atoms with E-state index in [0.717, 1.165) is 11.3 Å². The first-order valence-electron chi connectivity index (χ1n) is 7.61. The molecule has 0 aliphatic rings. The Morgan fingerprint density at radius 1 is 0.864 bits per heavy atom. The first-order chi connectivity index (χ1) is 10.8. The zero-order chi connectivity index (χ0) is 16.2. The van der Waals surface area contributed by atoms with Gasteiger partial charge in [-0.25, -0.2) is 0 Å². The van der Waals surface area contributed by atoms with Crippen LogP contribution in [0.15, 0.2) is 54.6 Å². The topological polar surface area (TPSA) is 35.5 Å². The molecule has 3 nitrogen and oxygen atoms in total. The van der Waals surface area contributed by atoms with Gasteiger partial charge in [0.2, 0.25) is 0 Å². The fraction of sp³-hybridized carbons (Fsp3) is 0.316. The molecule has 0 bridgehead atoms. The monoisotopic (exact) mass is 300 g/mol. The zero-order valence-electron chi connectivity index (χ0n) is 13.5. The average Bonchev–Trinajstić information content (AvgIpc) is 2.57. The van der Waals surface area contributed by atoms with E-state index < -0.39 is 0 Å². The first-order valence-corrected chi connectivity index (χ1v) is 7.61. The number of Topliss-reactive ketones (excluding diaryl/α,β-unsaturated/α-hetero) is 1. The summed E-state index contributed by atoms with van der Waals surface area (Å²) < 4.78 is 10.7. The minimum Gasteiger partial charge on any atom is -0.491 e. The van der Waals surface area contributed by atoms with Crippen LogP contribution in [0.5, 0.6) is 5.75 Å². The van der Waals surface area contributed by atoms with Crippen molar-refractivity contribution in [2.24, 2.45) is 0 Å². The summed E-state index contributed by atoms with van der Waals surface area (Å²) in [5, 5.41) is 0. The third-order valence-corrected chi connectivity index (χ3v) is 2.76. The molecule has 0 saturated heterocycles. The summed E-state index contributed by atoms with van der Waals surface area (Å²) in [6, 6.07) is 18.1. The molecule has 0 unspecified atom stereocenters. The highest BCUT2D eigenvalue weighted by Gasteiger charge is 1.98. The molecule has 2 rings (SSSR count). The highest BCUT2D eigenvalue weighted by Crippen LogP contribution is 2.21. The van der Waals surface area contributed by atoms with Crippen LogP contribution in [0, 0.1) is 0 Å². The molecule has 2 aromatic rings. The van der Waals surface area contributed by atoms with E-state index in [2.05, 4.69) is 12.1 Å². The van der Waals surface area contributed by atoms with Gasteiger partial charge in [-0.05, 0) is 30.2 Å². The summed E-state index contributed by atoms with van der Waals surface area (Å²) in [4.78, 5) is 10.7. The SMILES string of the molecule is CC.CC(=O)COCCOc1ccc(-c2ccccc2)cc1. The lowest BCUT2D eigenvalue weighted by atomic mass is 10.1. The van der Waals surface area contributed by atoms with Crippen LogP contribution in [-0.4, -0.2) is 25.6 Å². The summed E-state index contributed by atoms with van der Waals surface area (Å²) in [5.74, 6) is 0.827. The van der Waals surface area contributed by atoms with Gasteiger partial charge in [-0.3, -0.25) is 4.79 Å². The minimum atomic E-state index is 0.0252. The van der Waals surface area contributed by atoms with E-state index in [0.29, 0.717) is 13.2 Å². The van der Waals surface area contributed by atoms with Crippen molar-refractivity contribution in [1.29, 1.82) is 0 Å². The normalized spacial score (nSPS) is 9.59. The van der Waals surface area contributed by atoms with E-state index in [9.17, 15) is 4.79 Å². The van der Waals surface area contributed by atoms with Gasteiger partial charge in [-0.2, -0.15) is 0 Å². The van der Waals surface area contributed by atoms with E-state index in [1.54, 1.807) is 0 Å². The molecule has 0 aliphatic heterocycles. The predicted octanol–water partition coefficient (Wildman–Crippen LogP) is 4.36. The molecule has 0 N–H and O–H groups in total. The van der Waals surface area contributed by atoms with Gasteiger partial charge in [0, 0.05) is 0 Å². The molecule has 0 amide bonds. The van der Waals surface area contributed by atoms with Crippen LogP contribution in [0.2, 0.25) is 0 Å². The van der Waals surface area contributed by atoms with Gasteiger partial charge >= 0.3 is 0 Å². The molecule has 0 atom stereocenters. The van der Waals surface area contributed by atoms with Gasteiger partial charge in [0.15, 0.2) is 5.78 Å². The molecule has 118 valence electrons. The molecule has 22 heavy (non-hydrogen) atoms. The van der Waals surface area contributed by atoms with Crippen LogP contribution in [0.3, 0.4) is 0 Å². The maximum absolute atomic E-state index is 10.7. The van der Waals surface area contributed by atoms with E-state index in [1.165, 1.54) is 12.5 Å². The molecule has 0 aliphatic carbocycles. The molecule has 0 fully saturated rings. The maximum atomic E-state index is 10.7.